The van der Waals surface area contributed by atoms with E-state index in [2.05, 4.69) is 25.4 Å². The first-order valence-electron chi connectivity index (χ1n) is 10.6. The number of aryl methyl sites for hydroxylation is 1. The average molecular weight is 443 g/mol. The molecule has 1 N–H and O–H groups in total. The molecule has 0 aliphatic carbocycles. The van der Waals surface area contributed by atoms with E-state index in [1.165, 1.54) is 6.07 Å². The summed E-state index contributed by atoms with van der Waals surface area (Å²) in [5.74, 6) is 0.505. The highest BCUT2D eigenvalue weighted by atomic mass is 19.4. The van der Waals surface area contributed by atoms with Gasteiger partial charge < -0.3 is 15.0 Å². The average Bonchev–Trinajstić information content (AvgIpc) is 3.21. The lowest BCUT2D eigenvalue weighted by Gasteiger charge is -2.37. The third kappa shape index (κ3) is 3.74. The van der Waals surface area contributed by atoms with E-state index >= 15 is 0 Å². The molecule has 0 saturated carbocycles. The number of nitrogens with zero attached hydrogens (tertiary/aromatic N) is 4. The van der Waals surface area contributed by atoms with Crippen molar-refractivity contribution in [1.82, 2.24) is 15.2 Å². The van der Waals surface area contributed by atoms with Gasteiger partial charge in [-0.3, -0.25) is 4.98 Å². The lowest BCUT2D eigenvalue weighted by atomic mass is 9.85. The molecule has 2 aliphatic rings. The third-order valence-electron chi connectivity index (χ3n) is 6.46. The number of aromatic nitrogens is 3. The molecule has 2 fully saturated rings. The zero-order valence-electron chi connectivity index (χ0n) is 17.9. The van der Waals surface area contributed by atoms with E-state index < -0.39 is 17.8 Å². The molecule has 168 valence electrons. The predicted molar refractivity (Wildman–Crippen MR) is 116 cm³/mol. The Hall–Kier alpha value is -2.94. The first kappa shape index (κ1) is 20.9. The molecule has 0 radical (unpaired) electrons. The van der Waals surface area contributed by atoms with Gasteiger partial charge in [-0.1, -0.05) is 12.1 Å². The van der Waals surface area contributed by atoms with Gasteiger partial charge in [-0.2, -0.15) is 18.3 Å². The van der Waals surface area contributed by atoms with Crippen molar-refractivity contribution < 1.29 is 17.9 Å². The Morgan fingerprint density at radius 1 is 1.19 bits per heavy atom. The molecule has 1 aromatic carbocycles. The fraction of sp³-hybridized carbons (Fsp3) is 0.435. The maximum absolute atomic E-state index is 13.1. The molecule has 6 nitrogen and oxygen atoms in total. The van der Waals surface area contributed by atoms with Crippen molar-refractivity contribution in [2.75, 3.05) is 36.5 Å². The van der Waals surface area contributed by atoms with Crippen LogP contribution in [0.3, 0.4) is 0 Å². The summed E-state index contributed by atoms with van der Waals surface area (Å²) in [6.07, 6.45) is -1.44. The number of anilines is 2. The van der Waals surface area contributed by atoms with Crippen molar-refractivity contribution in [2.24, 2.45) is 5.41 Å². The summed E-state index contributed by atoms with van der Waals surface area (Å²) in [5, 5.41) is 12.6. The Bertz CT molecular complexity index is 1160. The number of hydrogen-bond donors (Lipinski definition) is 1. The van der Waals surface area contributed by atoms with Crippen LogP contribution in [0, 0.1) is 12.3 Å². The van der Waals surface area contributed by atoms with E-state index in [9.17, 15) is 13.2 Å². The lowest BCUT2D eigenvalue weighted by Crippen LogP contribution is -2.44. The van der Waals surface area contributed by atoms with Gasteiger partial charge in [0, 0.05) is 23.9 Å². The van der Waals surface area contributed by atoms with E-state index in [1.54, 1.807) is 13.0 Å². The van der Waals surface area contributed by atoms with Crippen LogP contribution in [-0.2, 0) is 10.9 Å². The second kappa shape index (κ2) is 7.58. The zero-order valence-corrected chi connectivity index (χ0v) is 17.9. The van der Waals surface area contributed by atoms with E-state index in [0.717, 1.165) is 61.4 Å². The van der Waals surface area contributed by atoms with Crippen LogP contribution in [0.2, 0.25) is 0 Å². The van der Waals surface area contributed by atoms with Gasteiger partial charge in [0.15, 0.2) is 5.82 Å². The fourth-order valence-electron chi connectivity index (χ4n) is 4.48. The normalized spacial score (nSPS) is 18.7. The number of ether oxygens (including phenoxy) is 1. The number of benzene rings is 1. The molecule has 0 amide bonds. The number of fused-ring (bicyclic) bond motifs is 1. The van der Waals surface area contributed by atoms with Crippen molar-refractivity contribution >= 4 is 22.4 Å². The van der Waals surface area contributed by atoms with Gasteiger partial charge >= 0.3 is 6.18 Å². The number of nitrogens with one attached hydrogen (secondary N) is 1. The molecule has 0 bridgehead atoms. The summed E-state index contributed by atoms with van der Waals surface area (Å²) in [7, 11) is 0. The fourth-order valence-corrected chi connectivity index (χ4v) is 4.48. The maximum Gasteiger partial charge on any atom is 0.416 e. The molecule has 5 rings (SSSR count). The van der Waals surface area contributed by atoms with Crippen molar-refractivity contribution in [3.05, 3.63) is 53.3 Å². The molecule has 4 heterocycles. The number of rotatable bonds is 4. The van der Waals surface area contributed by atoms with Gasteiger partial charge in [0.05, 0.1) is 47.9 Å². The van der Waals surface area contributed by atoms with Gasteiger partial charge in [0.25, 0.3) is 0 Å². The molecule has 1 spiro atoms. The van der Waals surface area contributed by atoms with Crippen LogP contribution in [0.15, 0.2) is 36.5 Å². The minimum absolute atomic E-state index is 0.250. The number of halogens is 3. The molecule has 2 aliphatic heterocycles. The second-order valence-electron chi connectivity index (χ2n) is 8.88. The van der Waals surface area contributed by atoms with Crippen molar-refractivity contribution in [2.45, 2.75) is 32.5 Å². The van der Waals surface area contributed by atoms with Crippen LogP contribution in [0.25, 0.3) is 10.9 Å². The summed E-state index contributed by atoms with van der Waals surface area (Å²) in [6.45, 7) is 7.13. The SMILES string of the molecule is Cc1nnc(N[C@H](C)c2cccc(C(F)(F)F)c2)c2cc(N3CCC4(COC4)C3)cnc12. The number of hydrogen-bond acceptors (Lipinski definition) is 6. The highest BCUT2D eigenvalue weighted by Gasteiger charge is 2.44. The highest BCUT2D eigenvalue weighted by Crippen LogP contribution is 2.40. The molecule has 1 atom stereocenters. The third-order valence-corrected chi connectivity index (χ3v) is 6.46. The zero-order chi connectivity index (χ0) is 22.5. The van der Waals surface area contributed by atoms with E-state index in [4.69, 9.17) is 4.74 Å². The van der Waals surface area contributed by atoms with Crippen LogP contribution < -0.4 is 10.2 Å². The van der Waals surface area contributed by atoms with Crippen LogP contribution in [0.4, 0.5) is 24.7 Å². The standard InChI is InChI=1S/C23H24F3N5O/c1-14(16-4-3-5-17(8-16)23(24,25)26)28-21-19-9-18(10-27-20(19)15(2)29-30-21)31-7-6-22(11-31)12-32-13-22/h3-5,8-10,14H,6-7,11-13H2,1-2H3,(H,28,30)/t14-/m1/s1. The highest BCUT2D eigenvalue weighted by molar-refractivity contribution is 5.92. The monoisotopic (exact) mass is 443 g/mol. The van der Waals surface area contributed by atoms with Gasteiger partial charge in [-0.15, -0.1) is 5.10 Å². The molecule has 0 unspecified atom stereocenters. The maximum atomic E-state index is 13.1. The summed E-state index contributed by atoms with van der Waals surface area (Å²) in [4.78, 5) is 6.95. The number of pyridine rings is 1. The number of alkyl halides is 3. The van der Waals surface area contributed by atoms with E-state index in [-0.39, 0.29) is 5.41 Å². The Labute approximate surface area is 183 Å². The molecule has 9 heteroatoms. The van der Waals surface area contributed by atoms with Crippen molar-refractivity contribution in [3.8, 4) is 0 Å². The molecular weight excluding hydrogens is 419 g/mol. The predicted octanol–water partition coefficient (Wildman–Crippen LogP) is 4.75. The van der Waals surface area contributed by atoms with Gasteiger partial charge in [-0.25, -0.2) is 0 Å². The van der Waals surface area contributed by atoms with Crippen LogP contribution >= 0.6 is 0 Å². The van der Waals surface area contributed by atoms with Crippen LogP contribution in [0.1, 0.15) is 36.2 Å². The summed E-state index contributed by atoms with van der Waals surface area (Å²) < 4.78 is 44.8. The first-order valence-corrected chi connectivity index (χ1v) is 10.6. The Kier molecular flexibility index (Phi) is 4.96. The molecule has 3 aromatic rings. The molecule has 2 aromatic heterocycles. The summed E-state index contributed by atoms with van der Waals surface area (Å²) >= 11 is 0. The van der Waals surface area contributed by atoms with E-state index in [0.29, 0.717) is 17.1 Å². The molecule has 2 saturated heterocycles. The van der Waals surface area contributed by atoms with Gasteiger partial charge in [0.2, 0.25) is 0 Å². The lowest BCUT2D eigenvalue weighted by molar-refractivity contribution is -0.137. The minimum Gasteiger partial charge on any atom is -0.380 e. The van der Waals surface area contributed by atoms with Gasteiger partial charge in [0.1, 0.15) is 0 Å². The summed E-state index contributed by atoms with van der Waals surface area (Å²) in [6, 6.07) is 6.97. The Morgan fingerprint density at radius 3 is 2.69 bits per heavy atom. The summed E-state index contributed by atoms with van der Waals surface area (Å²) in [5.41, 5.74) is 2.53. The quantitative estimate of drug-likeness (QED) is 0.628. The van der Waals surface area contributed by atoms with Crippen molar-refractivity contribution in [1.29, 1.82) is 0 Å². The Morgan fingerprint density at radius 2 is 2.00 bits per heavy atom. The molecular formula is C23H24F3N5O. The molecule has 32 heavy (non-hydrogen) atoms. The van der Waals surface area contributed by atoms with Crippen LogP contribution in [0.5, 0.6) is 0 Å². The topological polar surface area (TPSA) is 63.2 Å². The Balaban J connectivity index is 1.45. The van der Waals surface area contributed by atoms with Gasteiger partial charge in [-0.05, 0) is 44.0 Å². The smallest absolute Gasteiger partial charge is 0.380 e. The van der Waals surface area contributed by atoms with E-state index in [1.807, 2.05) is 19.2 Å². The first-order chi connectivity index (χ1) is 15.2. The second-order valence-corrected chi connectivity index (χ2v) is 8.88. The largest absolute Gasteiger partial charge is 0.416 e. The van der Waals surface area contributed by atoms with Crippen LogP contribution in [-0.4, -0.2) is 41.5 Å². The minimum atomic E-state index is -4.39. The van der Waals surface area contributed by atoms with Crippen molar-refractivity contribution in [3.63, 3.8) is 0 Å².